The van der Waals surface area contributed by atoms with E-state index in [0.717, 1.165) is 4.90 Å². The van der Waals surface area contributed by atoms with Gasteiger partial charge in [-0.3, -0.25) is 14.5 Å². The fraction of sp³-hybridized carbons (Fsp3) is 0.786. The topological polar surface area (TPSA) is 98.7 Å². The smallest absolute Gasteiger partial charge is 0.325 e. The first kappa shape index (κ1) is 17.4. The van der Waals surface area contributed by atoms with Crippen LogP contribution >= 0.6 is 0 Å². The molecule has 0 aromatic rings. The summed E-state index contributed by atoms with van der Waals surface area (Å²) in [6.45, 7) is 7.17. The molecule has 0 aromatic heterocycles. The summed E-state index contributed by atoms with van der Waals surface area (Å²) in [6, 6.07) is -0.768. The number of aliphatic hydroxyl groups excluding tert-OH is 1. The number of rotatable bonds is 7. The van der Waals surface area contributed by atoms with Gasteiger partial charge < -0.3 is 15.7 Å². The molecule has 0 aliphatic carbocycles. The minimum Gasteiger partial charge on any atom is -0.394 e. The van der Waals surface area contributed by atoms with Gasteiger partial charge in [-0.1, -0.05) is 13.8 Å². The zero-order valence-corrected chi connectivity index (χ0v) is 13.1. The molecule has 120 valence electrons. The molecule has 1 aliphatic rings. The number of aliphatic hydroxyl groups is 1. The predicted molar refractivity (Wildman–Crippen MR) is 77.4 cm³/mol. The molecule has 0 saturated carbocycles. The third-order valence-corrected chi connectivity index (χ3v) is 3.35. The standard InChI is InChI=1S/C14H25N3O4/c1-9(2)7-10(8-18)15-11(19)5-6-17-12(20)14(3,4)16-13(17)21/h9-10,18H,5-8H2,1-4H3,(H,15,19)(H,16,21). The second kappa shape index (κ2) is 6.89. The molecule has 1 fully saturated rings. The van der Waals surface area contributed by atoms with Crippen LogP contribution in [0.15, 0.2) is 0 Å². The van der Waals surface area contributed by atoms with E-state index in [0.29, 0.717) is 12.3 Å². The average molecular weight is 299 g/mol. The Hall–Kier alpha value is -1.63. The fourth-order valence-electron chi connectivity index (χ4n) is 2.28. The van der Waals surface area contributed by atoms with Crippen molar-refractivity contribution in [1.29, 1.82) is 0 Å². The van der Waals surface area contributed by atoms with E-state index in [-0.39, 0.29) is 37.4 Å². The number of nitrogens with zero attached hydrogens (tertiary/aromatic N) is 1. The minimum atomic E-state index is -0.918. The summed E-state index contributed by atoms with van der Waals surface area (Å²) in [7, 11) is 0. The third-order valence-electron chi connectivity index (χ3n) is 3.35. The van der Waals surface area contributed by atoms with E-state index in [1.165, 1.54) is 0 Å². The zero-order valence-electron chi connectivity index (χ0n) is 13.1. The second-order valence-corrected chi connectivity index (χ2v) is 6.34. The van der Waals surface area contributed by atoms with Gasteiger partial charge in [-0.2, -0.15) is 0 Å². The Morgan fingerprint density at radius 3 is 2.43 bits per heavy atom. The molecule has 1 aliphatic heterocycles. The Kier molecular flexibility index (Phi) is 5.71. The summed E-state index contributed by atoms with van der Waals surface area (Å²) in [5.74, 6) is -0.254. The average Bonchev–Trinajstić information content (AvgIpc) is 2.55. The monoisotopic (exact) mass is 299 g/mol. The van der Waals surface area contributed by atoms with Gasteiger partial charge in [-0.25, -0.2) is 4.79 Å². The van der Waals surface area contributed by atoms with Crippen LogP contribution < -0.4 is 10.6 Å². The SMILES string of the molecule is CC(C)CC(CO)NC(=O)CCN1C(=O)NC(C)(C)C1=O. The van der Waals surface area contributed by atoms with Crippen molar-refractivity contribution < 1.29 is 19.5 Å². The highest BCUT2D eigenvalue weighted by atomic mass is 16.3. The van der Waals surface area contributed by atoms with Crippen LogP contribution in [0.2, 0.25) is 0 Å². The van der Waals surface area contributed by atoms with E-state index < -0.39 is 11.6 Å². The van der Waals surface area contributed by atoms with E-state index >= 15 is 0 Å². The van der Waals surface area contributed by atoms with Crippen LogP contribution in [0, 0.1) is 5.92 Å². The highest BCUT2D eigenvalue weighted by Crippen LogP contribution is 2.16. The minimum absolute atomic E-state index is 0.0316. The maximum atomic E-state index is 11.9. The molecule has 1 heterocycles. The number of amides is 4. The Morgan fingerprint density at radius 1 is 1.38 bits per heavy atom. The number of hydrogen-bond donors (Lipinski definition) is 3. The molecule has 0 bridgehead atoms. The zero-order chi connectivity index (χ0) is 16.2. The summed E-state index contributed by atoms with van der Waals surface area (Å²) in [6.07, 6.45) is 0.711. The van der Waals surface area contributed by atoms with Crippen molar-refractivity contribution in [2.75, 3.05) is 13.2 Å². The fourth-order valence-corrected chi connectivity index (χ4v) is 2.28. The lowest BCUT2D eigenvalue weighted by molar-refractivity contribution is -0.130. The van der Waals surface area contributed by atoms with E-state index in [2.05, 4.69) is 10.6 Å². The maximum absolute atomic E-state index is 11.9. The normalized spacial score (nSPS) is 18.9. The first-order chi connectivity index (χ1) is 9.67. The Labute approximate surface area is 125 Å². The van der Waals surface area contributed by atoms with Gasteiger partial charge in [0.15, 0.2) is 0 Å². The van der Waals surface area contributed by atoms with Gasteiger partial charge in [0.2, 0.25) is 5.91 Å². The van der Waals surface area contributed by atoms with Crippen molar-refractivity contribution in [3.8, 4) is 0 Å². The number of carbonyl (C=O) groups excluding carboxylic acids is 3. The molecule has 0 radical (unpaired) electrons. The first-order valence-electron chi connectivity index (χ1n) is 7.21. The lowest BCUT2D eigenvalue weighted by Crippen LogP contribution is -2.42. The molecule has 7 heteroatoms. The molecular formula is C14H25N3O4. The highest BCUT2D eigenvalue weighted by molar-refractivity contribution is 6.06. The van der Waals surface area contributed by atoms with E-state index in [1.807, 2.05) is 13.8 Å². The number of carbonyl (C=O) groups is 3. The van der Waals surface area contributed by atoms with Gasteiger partial charge in [-0.05, 0) is 26.2 Å². The van der Waals surface area contributed by atoms with Crippen molar-refractivity contribution >= 4 is 17.8 Å². The van der Waals surface area contributed by atoms with Crippen LogP contribution in [0.1, 0.15) is 40.5 Å². The number of hydrogen-bond acceptors (Lipinski definition) is 4. The quantitative estimate of drug-likeness (QED) is 0.586. The Balaban J connectivity index is 2.46. The molecule has 4 amide bonds. The number of urea groups is 1. The lowest BCUT2D eigenvalue weighted by atomic mass is 10.0. The molecular weight excluding hydrogens is 274 g/mol. The molecule has 1 atom stereocenters. The Morgan fingerprint density at radius 2 is 2.00 bits per heavy atom. The van der Waals surface area contributed by atoms with Gasteiger partial charge in [0.1, 0.15) is 5.54 Å². The largest absolute Gasteiger partial charge is 0.394 e. The van der Waals surface area contributed by atoms with Gasteiger partial charge in [0.05, 0.1) is 12.6 Å². The molecule has 0 aromatic carbocycles. The number of imide groups is 1. The number of nitrogens with one attached hydrogen (secondary N) is 2. The van der Waals surface area contributed by atoms with Crippen LogP contribution in [-0.2, 0) is 9.59 Å². The van der Waals surface area contributed by atoms with Crippen LogP contribution in [0.3, 0.4) is 0 Å². The maximum Gasteiger partial charge on any atom is 0.325 e. The van der Waals surface area contributed by atoms with Crippen LogP contribution in [-0.4, -0.2) is 52.6 Å². The second-order valence-electron chi connectivity index (χ2n) is 6.34. The summed E-state index contributed by atoms with van der Waals surface area (Å²) in [5, 5.41) is 14.5. The molecule has 1 unspecified atom stereocenters. The first-order valence-corrected chi connectivity index (χ1v) is 7.21. The van der Waals surface area contributed by atoms with Crippen molar-refractivity contribution in [2.45, 2.75) is 52.1 Å². The van der Waals surface area contributed by atoms with E-state index in [4.69, 9.17) is 0 Å². The van der Waals surface area contributed by atoms with E-state index in [1.54, 1.807) is 13.8 Å². The summed E-state index contributed by atoms with van der Waals surface area (Å²) in [4.78, 5) is 36.5. The van der Waals surface area contributed by atoms with Gasteiger partial charge in [0, 0.05) is 13.0 Å². The summed E-state index contributed by atoms with van der Waals surface area (Å²) < 4.78 is 0. The van der Waals surface area contributed by atoms with Crippen LogP contribution in [0.4, 0.5) is 4.79 Å². The molecule has 0 spiro atoms. The van der Waals surface area contributed by atoms with Gasteiger partial charge in [-0.15, -0.1) is 0 Å². The van der Waals surface area contributed by atoms with E-state index in [9.17, 15) is 19.5 Å². The summed E-state index contributed by atoms with van der Waals surface area (Å²) in [5.41, 5.74) is -0.918. The van der Waals surface area contributed by atoms with Crippen LogP contribution in [0.25, 0.3) is 0 Å². The van der Waals surface area contributed by atoms with Crippen molar-refractivity contribution in [1.82, 2.24) is 15.5 Å². The molecule has 1 rings (SSSR count). The molecule has 3 N–H and O–H groups in total. The summed E-state index contributed by atoms with van der Waals surface area (Å²) >= 11 is 0. The third kappa shape index (κ3) is 4.70. The predicted octanol–water partition coefficient (Wildman–Crippen LogP) is 0.230. The Bertz CT molecular complexity index is 420. The van der Waals surface area contributed by atoms with Crippen molar-refractivity contribution in [3.05, 3.63) is 0 Å². The molecule has 1 saturated heterocycles. The van der Waals surface area contributed by atoms with Gasteiger partial charge >= 0.3 is 6.03 Å². The molecule has 21 heavy (non-hydrogen) atoms. The van der Waals surface area contributed by atoms with Crippen LogP contribution in [0.5, 0.6) is 0 Å². The van der Waals surface area contributed by atoms with Crippen molar-refractivity contribution in [2.24, 2.45) is 5.92 Å². The van der Waals surface area contributed by atoms with Gasteiger partial charge in [0.25, 0.3) is 5.91 Å². The lowest BCUT2D eigenvalue weighted by Gasteiger charge is -2.19. The highest BCUT2D eigenvalue weighted by Gasteiger charge is 2.43. The molecule has 7 nitrogen and oxygen atoms in total. The van der Waals surface area contributed by atoms with Crippen molar-refractivity contribution in [3.63, 3.8) is 0 Å².